The van der Waals surface area contributed by atoms with Crippen LogP contribution >= 0.6 is 0 Å². The number of phenolic OH excluding ortho intramolecular Hbond substituents is 1. The van der Waals surface area contributed by atoms with E-state index in [0.717, 1.165) is 6.04 Å². The molecule has 21 heavy (non-hydrogen) atoms. The van der Waals surface area contributed by atoms with Crippen LogP contribution in [0.25, 0.3) is 6.08 Å². The van der Waals surface area contributed by atoms with Crippen molar-refractivity contribution in [3.8, 4) is 11.5 Å². The monoisotopic (exact) mass is 306 g/mol. The largest absolute Gasteiger partial charge is 0.507 e. The van der Waals surface area contributed by atoms with E-state index in [9.17, 15) is 9.90 Å². The van der Waals surface area contributed by atoms with Crippen LogP contribution in [0.1, 0.15) is 27.0 Å². The Labute approximate surface area is 126 Å². The van der Waals surface area contributed by atoms with E-state index in [2.05, 4.69) is 26.2 Å². The minimum Gasteiger partial charge on any atom is -0.507 e. The normalized spacial score (nSPS) is 13.8. The van der Waals surface area contributed by atoms with Gasteiger partial charge in [-0.05, 0) is 18.5 Å². The zero-order valence-corrected chi connectivity index (χ0v) is 14.1. The molecule has 114 valence electrons. The van der Waals surface area contributed by atoms with Crippen molar-refractivity contribution in [1.29, 1.82) is 0 Å². The number of esters is 1. The van der Waals surface area contributed by atoms with E-state index in [-0.39, 0.29) is 18.3 Å². The summed E-state index contributed by atoms with van der Waals surface area (Å²) in [5.41, 5.74) is 2.28. The van der Waals surface area contributed by atoms with Crippen LogP contribution < -0.4 is 4.74 Å². The van der Waals surface area contributed by atoms with E-state index in [1.165, 1.54) is 6.08 Å². The number of hydrogen-bond donors (Lipinski definition) is 1. The molecule has 0 radical (unpaired) electrons. The predicted molar refractivity (Wildman–Crippen MR) is 85.7 cm³/mol. The highest BCUT2D eigenvalue weighted by Crippen LogP contribution is 2.42. The van der Waals surface area contributed by atoms with Crippen molar-refractivity contribution in [1.82, 2.24) is 0 Å². The standard InChI is InChI=1S/C16H22O4Si/c1-6-11-14(17)10(2)12-9-20-16(18)13(12)15(11)19-7-8-21(3,4)5/h6,17H,1,7-9H2,2-5H3. The average molecular weight is 306 g/mol. The molecule has 0 atom stereocenters. The van der Waals surface area contributed by atoms with E-state index in [4.69, 9.17) is 9.47 Å². The highest BCUT2D eigenvalue weighted by Gasteiger charge is 2.32. The number of hydrogen-bond acceptors (Lipinski definition) is 4. The topological polar surface area (TPSA) is 55.8 Å². The van der Waals surface area contributed by atoms with Crippen molar-refractivity contribution >= 4 is 20.1 Å². The van der Waals surface area contributed by atoms with Gasteiger partial charge in [0.2, 0.25) is 0 Å². The molecule has 0 fully saturated rings. The number of fused-ring (bicyclic) bond motifs is 1. The van der Waals surface area contributed by atoms with Crippen molar-refractivity contribution in [2.24, 2.45) is 0 Å². The maximum atomic E-state index is 12.0. The molecule has 1 aliphatic heterocycles. The molecule has 0 unspecified atom stereocenters. The van der Waals surface area contributed by atoms with E-state index >= 15 is 0 Å². The first-order chi connectivity index (χ1) is 9.76. The highest BCUT2D eigenvalue weighted by atomic mass is 28.3. The van der Waals surface area contributed by atoms with Gasteiger partial charge in [0.05, 0.1) is 12.2 Å². The predicted octanol–water partition coefficient (Wildman–Crippen LogP) is 3.73. The molecule has 0 saturated carbocycles. The van der Waals surface area contributed by atoms with E-state index < -0.39 is 8.07 Å². The van der Waals surface area contributed by atoms with Crippen molar-refractivity contribution < 1.29 is 19.4 Å². The number of cyclic esters (lactones) is 1. The molecule has 1 heterocycles. The van der Waals surface area contributed by atoms with Crippen LogP contribution in [0.15, 0.2) is 6.58 Å². The SMILES string of the molecule is C=Cc1c(O)c(C)c2c(c1OCC[Si](C)(C)C)C(=O)OC2. The third-order valence-corrected chi connectivity index (χ3v) is 5.39. The molecular formula is C16H22O4Si. The summed E-state index contributed by atoms with van der Waals surface area (Å²) in [6.07, 6.45) is 1.53. The van der Waals surface area contributed by atoms with Gasteiger partial charge in [0.15, 0.2) is 0 Å². The van der Waals surface area contributed by atoms with Crippen molar-refractivity contribution in [3.63, 3.8) is 0 Å². The molecule has 1 aliphatic rings. The minimum atomic E-state index is -1.24. The number of rotatable bonds is 5. The molecule has 0 spiro atoms. The summed E-state index contributed by atoms with van der Waals surface area (Å²) < 4.78 is 10.9. The molecule has 5 heteroatoms. The second-order valence-corrected chi connectivity index (χ2v) is 12.1. The number of carbonyl (C=O) groups excluding carboxylic acids is 1. The fourth-order valence-corrected chi connectivity index (χ4v) is 3.03. The fourth-order valence-electron chi connectivity index (χ4n) is 2.32. The van der Waals surface area contributed by atoms with Crippen LogP contribution in [-0.4, -0.2) is 25.8 Å². The zero-order valence-electron chi connectivity index (χ0n) is 13.1. The van der Waals surface area contributed by atoms with Crippen LogP contribution in [-0.2, 0) is 11.3 Å². The van der Waals surface area contributed by atoms with Gasteiger partial charge < -0.3 is 14.6 Å². The van der Waals surface area contributed by atoms with Gasteiger partial charge in [-0.1, -0.05) is 32.3 Å². The summed E-state index contributed by atoms with van der Waals surface area (Å²) in [6, 6.07) is 0.974. The third-order valence-electron chi connectivity index (χ3n) is 3.69. The second kappa shape index (κ2) is 5.56. The first-order valence-corrected chi connectivity index (χ1v) is 10.8. The lowest BCUT2D eigenvalue weighted by molar-refractivity contribution is 0.0532. The molecule has 1 aromatic rings. The lowest BCUT2D eigenvalue weighted by atomic mass is 9.97. The average Bonchev–Trinajstić information content (AvgIpc) is 2.76. The van der Waals surface area contributed by atoms with Gasteiger partial charge in [0, 0.05) is 13.6 Å². The molecule has 4 nitrogen and oxygen atoms in total. The van der Waals surface area contributed by atoms with Crippen LogP contribution in [0.5, 0.6) is 11.5 Å². The molecule has 1 aromatic carbocycles. The van der Waals surface area contributed by atoms with E-state index in [0.29, 0.717) is 34.6 Å². The maximum Gasteiger partial charge on any atom is 0.342 e. The summed E-state index contributed by atoms with van der Waals surface area (Å²) >= 11 is 0. The third kappa shape index (κ3) is 2.97. The van der Waals surface area contributed by atoms with Crippen LogP contribution in [0.2, 0.25) is 25.7 Å². The van der Waals surface area contributed by atoms with E-state index in [1.54, 1.807) is 6.92 Å². The Morgan fingerprint density at radius 2 is 2.10 bits per heavy atom. The van der Waals surface area contributed by atoms with Gasteiger partial charge in [-0.25, -0.2) is 4.79 Å². The van der Waals surface area contributed by atoms with Gasteiger partial charge in [-0.15, -0.1) is 0 Å². The number of ether oxygens (including phenoxy) is 2. The molecule has 0 amide bonds. The molecule has 2 rings (SSSR count). The van der Waals surface area contributed by atoms with Gasteiger partial charge in [0.1, 0.15) is 23.7 Å². The first-order valence-electron chi connectivity index (χ1n) is 7.07. The van der Waals surface area contributed by atoms with Crippen LogP contribution in [0.3, 0.4) is 0 Å². The molecule has 0 aliphatic carbocycles. The zero-order chi connectivity index (χ0) is 15.8. The lowest BCUT2D eigenvalue weighted by Gasteiger charge is -2.19. The van der Waals surface area contributed by atoms with Gasteiger partial charge >= 0.3 is 5.97 Å². The van der Waals surface area contributed by atoms with Crippen LogP contribution in [0.4, 0.5) is 0 Å². The van der Waals surface area contributed by atoms with Gasteiger partial charge in [0.25, 0.3) is 0 Å². The highest BCUT2D eigenvalue weighted by molar-refractivity contribution is 6.76. The number of phenols is 1. The fraction of sp³-hybridized carbons (Fsp3) is 0.438. The lowest BCUT2D eigenvalue weighted by Crippen LogP contribution is -2.23. The summed E-state index contributed by atoms with van der Waals surface area (Å²) in [6.45, 7) is 13.0. The van der Waals surface area contributed by atoms with Gasteiger partial charge in [-0.3, -0.25) is 0 Å². The molecule has 0 aromatic heterocycles. The Kier molecular flexibility index (Phi) is 4.14. The Bertz CT molecular complexity index is 600. The molecule has 0 bridgehead atoms. The molecule has 0 saturated heterocycles. The number of benzene rings is 1. The quantitative estimate of drug-likeness (QED) is 0.665. The summed E-state index contributed by atoms with van der Waals surface area (Å²) in [5.74, 6) is 0.133. The number of aromatic hydroxyl groups is 1. The van der Waals surface area contributed by atoms with Crippen molar-refractivity contribution in [2.45, 2.75) is 39.2 Å². The van der Waals surface area contributed by atoms with Crippen molar-refractivity contribution in [2.75, 3.05) is 6.61 Å². The van der Waals surface area contributed by atoms with E-state index in [1.807, 2.05) is 0 Å². The summed E-state index contributed by atoms with van der Waals surface area (Å²) in [4.78, 5) is 12.0. The molecule has 1 N–H and O–H groups in total. The van der Waals surface area contributed by atoms with Crippen LogP contribution in [0, 0.1) is 6.92 Å². The minimum absolute atomic E-state index is 0.116. The Morgan fingerprint density at radius 1 is 1.43 bits per heavy atom. The Balaban J connectivity index is 2.44. The number of carbonyl (C=O) groups is 1. The Morgan fingerprint density at radius 3 is 2.67 bits per heavy atom. The summed E-state index contributed by atoms with van der Waals surface area (Å²) in [5, 5.41) is 10.3. The summed E-state index contributed by atoms with van der Waals surface area (Å²) in [7, 11) is -1.24. The second-order valence-electron chi connectivity index (χ2n) is 6.51. The Hall–Kier alpha value is -1.75. The molecular weight excluding hydrogens is 284 g/mol. The smallest absolute Gasteiger partial charge is 0.342 e. The first kappa shape index (κ1) is 15.6. The van der Waals surface area contributed by atoms with Crippen molar-refractivity contribution in [3.05, 3.63) is 28.8 Å². The van der Waals surface area contributed by atoms with Gasteiger partial charge in [-0.2, -0.15) is 0 Å². The maximum absolute atomic E-state index is 12.0.